The highest BCUT2D eigenvalue weighted by molar-refractivity contribution is 14.1. The largest absolute Gasteiger partial charge is 0.342 e. The van der Waals surface area contributed by atoms with Gasteiger partial charge >= 0.3 is 0 Å². The molecule has 0 bridgehead atoms. The van der Waals surface area contributed by atoms with Crippen LogP contribution in [0.1, 0.15) is 13.3 Å². The Kier molecular flexibility index (Phi) is 4.21. The minimum atomic E-state index is -0.227. The van der Waals surface area contributed by atoms with E-state index in [2.05, 4.69) is 27.9 Å². The van der Waals surface area contributed by atoms with Gasteiger partial charge in [0, 0.05) is 28.8 Å². The summed E-state index contributed by atoms with van der Waals surface area (Å²) in [4.78, 5) is 25.3. The number of amides is 2. The van der Waals surface area contributed by atoms with Gasteiger partial charge in [0.05, 0.1) is 5.92 Å². The molecule has 0 spiro atoms. The van der Waals surface area contributed by atoms with Crippen LogP contribution in [0, 0.1) is 9.49 Å². The number of carbonyl (C=O) groups excluding carboxylic acids is 2. The second kappa shape index (κ2) is 5.69. The smallest absolute Gasteiger partial charge is 0.229 e. The standard InChI is InChI=1S/C13H15IN2O2/c1-2-16-8-9(6-12(16)17)13(18)15-11-5-3-4-10(14)7-11/h3-5,7,9H,2,6,8H2,1H3,(H,15,18)/t9-/m1/s1. The SMILES string of the molecule is CCN1C[C@H](C(=O)Nc2cccc(I)c2)CC1=O. The van der Waals surface area contributed by atoms with Gasteiger partial charge in [0.1, 0.15) is 0 Å². The summed E-state index contributed by atoms with van der Waals surface area (Å²) in [5.41, 5.74) is 0.786. The monoisotopic (exact) mass is 358 g/mol. The van der Waals surface area contributed by atoms with Crippen molar-refractivity contribution < 1.29 is 9.59 Å². The van der Waals surface area contributed by atoms with E-state index in [9.17, 15) is 9.59 Å². The third-order valence-electron chi connectivity index (χ3n) is 3.06. The van der Waals surface area contributed by atoms with E-state index < -0.39 is 0 Å². The van der Waals surface area contributed by atoms with Gasteiger partial charge in [-0.05, 0) is 47.7 Å². The first kappa shape index (κ1) is 13.3. The maximum absolute atomic E-state index is 12.0. The number of rotatable bonds is 3. The van der Waals surface area contributed by atoms with Gasteiger partial charge in [-0.2, -0.15) is 0 Å². The number of hydrogen-bond donors (Lipinski definition) is 1. The maximum Gasteiger partial charge on any atom is 0.229 e. The molecule has 96 valence electrons. The van der Waals surface area contributed by atoms with Crippen molar-refractivity contribution in [1.82, 2.24) is 4.90 Å². The molecule has 0 unspecified atom stereocenters. The zero-order chi connectivity index (χ0) is 13.1. The Labute approximate surface area is 120 Å². The lowest BCUT2D eigenvalue weighted by atomic mass is 10.1. The molecule has 1 heterocycles. The fourth-order valence-electron chi connectivity index (χ4n) is 2.06. The number of halogens is 1. The lowest BCUT2D eigenvalue weighted by molar-refractivity contribution is -0.128. The molecule has 0 aliphatic carbocycles. The van der Waals surface area contributed by atoms with Crippen molar-refractivity contribution >= 4 is 40.1 Å². The molecule has 2 amide bonds. The first-order valence-corrected chi connectivity index (χ1v) is 7.02. The van der Waals surface area contributed by atoms with E-state index in [1.807, 2.05) is 31.2 Å². The Bertz CT molecular complexity index is 476. The van der Waals surface area contributed by atoms with Gasteiger partial charge in [-0.15, -0.1) is 0 Å². The molecule has 1 N–H and O–H groups in total. The zero-order valence-corrected chi connectivity index (χ0v) is 12.3. The Morgan fingerprint density at radius 2 is 2.33 bits per heavy atom. The fraction of sp³-hybridized carbons (Fsp3) is 0.385. The van der Waals surface area contributed by atoms with Gasteiger partial charge < -0.3 is 10.2 Å². The summed E-state index contributed by atoms with van der Waals surface area (Å²) in [6, 6.07) is 7.63. The van der Waals surface area contributed by atoms with Gasteiger partial charge in [-0.25, -0.2) is 0 Å². The van der Waals surface area contributed by atoms with Crippen LogP contribution in [0.3, 0.4) is 0 Å². The average Bonchev–Trinajstić information content (AvgIpc) is 2.70. The van der Waals surface area contributed by atoms with Crippen molar-refractivity contribution in [3.8, 4) is 0 Å². The maximum atomic E-state index is 12.0. The molecule has 4 nitrogen and oxygen atoms in total. The van der Waals surface area contributed by atoms with Gasteiger partial charge in [-0.1, -0.05) is 6.07 Å². The molecule has 1 saturated heterocycles. The number of anilines is 1. The van der Waals surface area contributed by atoms with Crippen molar-refractivity contribution in [2.75, 3.05) is 18.4 Å². The van der Waals surface area contributed by atoms with Crippen LogP contribution < -0.4 is 5.32 Å². The van der Waals surface area contributed by atoms with Crippen LogP contribution in [0.25, 0.3) is 0 Å². The molecule has 18 heavy (non-hydrogen) atoms. The van der Waals surface area contributed by atoms with E-state index in [0.29, 0.717) is 19.5 Å². The molecule has 1 fully saturated rings. The molecule has 1 aliphatic rings. The second-order valence-electron chi connectivity index (χ2n) is 4.33. The Morgan fingerprint density at radius 1 is 1.56 bits per heavy atom. The van der Waals surface area contributed by atoms with Gasteiger partial charge in [0.25, 0.3) is 0 Å². The van der Waals surface area contributed by atoms with E-state index in [-0.39, 0.29) is 17.7 Å². The normalized spacial score (nSPS) is 19.1. The number of hydrogen-bond acceptors (Lipinski definition) is 2. The lowest BCUT2D eigenvalue weighted by Gasteiger charge is -2.13. The van der Waals surface area contributed by atoms with Crippen LogP contribution in [0.2, 0.25) is 0 Å². The first-order valence-electron chi connectivity index (χ1n) is 5.94. The van der Waals surface area contributed by atoms with Crippen LogP contribution in [-0.4, -0.2) is 29.8 Å². The summed E-state index contributed by atoms with van der Waals surface area (Å²) in [5.74, 6) is -0.225. The van der Waals surface area contributed by atoms with Crippen molar-refractivity contribution in [3.05, 3.63) is 27.8 Å². The predicted octanol–water partition coefficient (Wildman–Crippen LogP) is 2.10. The molecule has 1 aromatic rings. The quantitative estimate of drug-likeness (QED) is 0.842. The minimum Gasteiger partial charge on any atom is -0.342 e. The topological polar surface area (TPSA) is 49.4 Å². The highest BCUT2D eigenvalue weighted by Crippen LogP contribution is 2.20. The molecular formula is C13H15IN2O2. The average molecular weight is 358 g/mol. The van der Waals surface area contributed by atoms with Crippen LogP contribution >= 0.6 is 22.6 Å². The van der Waals surface area contributed by atoms with Crippen molar-refractivity contribution in [1.29, 1.82) is 0 Å². The fourth-order valence-corrected chi connectivity index (χ4v) is 2.61. The van der Waals surface area contributed by atoms with E-state index in [1.54, 1.807) is 4.90 Å². The van der Waals surface area contributed by atoms with Crippen molar-refractivity contribution in [3.63, 3.8) is 0 Å². The minimum absolute atomic E-state index is 0.0682. The molecule has 5 heteroatoms. The summed E-state index contributed by atoms with van der Waals surface area (Å²) in [7, 11) is 0. The Hall–Kier alpha value is -1.11. The second-order valence-corrected chi connectivity index (χ2v) is 5.58. The summed E-state index contributed by atoms with van der Waals surface area (Å²) >= 11 is 2.20. The third-order valence-corrected chi connectivity index (χ3v) is 3.73. The molecular weight excluding hydrogens is 343 g/mol. The van der Waals surface area contributed by atoms with Crippen LogP contribution in [0.5, 0.6) is 0 Å². The van der Waals surface area contributed by atoms with Gasteiger partial charge in [0.15, 0.2) is 0 Å². The molecule has 2 rings (SSSR count). The van der Waals surface area contributed by atoms with Crippen LogP contribution in [-0.2, 0) is 9.59 Å². The molecule has 0 aromatic heterocycles. The van der Waals surface area contributed by atoms with E-state index in [4.69, 9.17) is 0 Å². The number of nitrogens with zero attached hydrogens (tertiary/aromatic N) is 1. The summed E-state index contributed by atoms with van der Waals surface area (Å²) in [6.45, 7) is 3.13. The highest BCUT2D eigenvalue weighted by atomic mass is 127. The van der Waals surface area contributed by atoms with Crippen molar-refractivity contribution in [2.24, 2.45) is 5.92 Å². The highest BCUT2D eigenvalue weighted by Gasteiger charge is 2.33. The number of nitrogens with one attached hydrogen (secondary N) is 1. The third kappa shape index (κ3) is 3.01. The molecule has 1 aliphatic heterocycles. The number of likely N-dealkylation sites (tertiary alicyclic amines) is 1. The molecule has 1 atom stereocenters. The Balaban J connectivity index is 1.99. The van der Waals surface area contributed by atoms with E-state index in [0.717, 1.165) is 9.26 Å². The predicted molar refractivity (Wildman–Crippen MR) is 78.1 cm³/mol. The molecule has 0 radical (unpaired) electrons. The van der Waals surface area contributed by atoms with Gasteiger partial charge in [-0.3, -0.25) is 9.59 Å². The number of carbonyl (C=O) groups is 2. The summed E-state index contributed by atoms with van der Waals surface area (Å²) in [6.07, 6.45) is 0.323. The zero-order valence-electron chi connectivity index (χ0n) is 10.1. The number of benzene rings is 1. The Morgan fingerprint density at radius 3 is 2.94 bits per heavy atom. The lowest BCUT2D eigenvalue weighted by Crippen LogP contribution is -2.28. The van der Waals surface area contributed by atoms with E-state index in [1.165, 1.54) is 0 Å². The summed E-state index contributed by atoms with van der Waals surface area (Å²) in [5, 5.41) is 2.87. The van der Waals surface area contributed by atoms with Crippen LogP contribution in [0.15, 0.2) is 24.3 Å². The van der Waals surface area contributed by atoms with Crippen molar-refractivity contribution in [2.45, 2.75) is 13.3 Å². The first-order chi connectivity index (χ1) is 8.60. The molecule has 0 saturated carbocycles. The van der Waals surface area contributed by atoms with Gasteiger partial charge in [0.2, 0.25) is 11.8 Å². The van der Waals surface area contributed by atoms with Crippen LogP contribution in [0.4, 0.5) is 5.69 Å². The van der Waals surface area contributed by atoms with E-state index >= 15 is 0 Å². The molecule has 1 aromatic carbocycles. The summed E-state index contributed by atoms with van der Waals surface area (Å²) < 4.78 is 1.07.